The van der Waals surface area contributed by atoms with Gasteiger partial charge in [-0.1, -0.05) is 5.16 Å². The van der Waals surface area contributed by atoms with Gasteiger partial charge in [0.15, 0.2) is 0 Å². The number of carbonyl (C=O) groups excluding carboxylic acids is 1. The van der Waals surface area contributed by atoms with E-state index in [1.807, 2.05) is 0 Å². The third-order valence-electron chi connectivity index (χ3n) is 3.06. The lowest BCUT2D eigenvalue weighted by molar-refractivity contribution is -0.0672. The molecule has 1 aliphatic heterocycles. The summed E-state index contributed by atoms with van der Waals surface area (Å²) in [4.78, 5) is 14.0. The quantitative estimate of drug-likeness (QED) is 0.875. The fourth-order valence-corrected chi connectivity index (χ4v) is 2.35. The second-order valence-corrected chi connectivity index (χ2v) is 5.11. The minimum atomic E-state index is -0.213. The number of ether oxygens (including phenoxy) is 1. The number of carbonyl (C=O) groups is 1. The zero-order valence-corrected chi connectivity index (χ0v) is 11.7. The molecule has 0 radical (unpaired) electrons. The van der Waals surface area contributed by atoms with Crippen LogP contribution in [-0.2, 0) is 4.74 Å². The lowest BCUT2D eigenvalue weighted by Crippen LogP contribution is -2.47. The summed E-state index contributed by atoms with van der Waals surface area (Å²) in [5, 5.41) is 6.53. The van der Waals surface area contributed by atoms with Crippen molar-refractivity contribution in [3.63, 3.8) is 0 Å². The van der Waals surface area contributed by atoms with Crippen LogP contribution in [0.25, 0.3) is 0 Å². The molecule has 1 saturated heterocycles. The normalized spacial score (nSPS) is 24.4. The summed E-state index contributed by atoms with van der Waals surface area (Å²) >= 11 is 0. The van der Waals surface area contributed by atoms with Crippen LogP contribution in [0.15, 0.2) is 10.6 Å². The van der Waals surface area contributed by atoms with Gasteiger partial charge in [0, 0.05) is 32.2 Å². The lowest BCUT2D eigenvalue weighted by atomic mass is 10.2. The predicted octanol–water partition coefficient (Wildman–Crippen LogP) is 0.822. The van der Waals surface area contributed by atoms with Crippen molar-refractivity contribution in [2.24, 2.45) is 0 Å². The molecule has 0 spiro atoms. The summed E-state index contributed by atoms with van der Waals surface area (Å²) in [5.41, 5.74) is 0.709. The van der Waals surface area contributed by atoms with Gasteiger partial charge >= 0.3 is 0 Å². The molecule has 1 aliphatic rings. The maximum atomic E-state index is 11.7. The number of hydrogen-bond acceptors (Lipinski definition) is 5. The molecule has 0 aromatic carbocycles. The monoisotopic (exact) mass is 267 g/mol. The zero-order chi connectivity index (χ0) is 13.8. The third kappa shape index (κ3) is 4.04. The van der Waals surface area contributed by atoms with Crippen molar-refractivity contribution in [3.8, 4) is 0 Å². The van der Waals surface area contributed by atoms with E-state index in [1.165, 1.54) is 0 Å². The fraction of sp³-hybridized carbons (Fsp3) is 0.692. The summed E-state index contributed by atoms with van der Waals surface area (Å²) in [5.74, 6) is 0.0520. The van der Waals surface area contributed by atoms with Crippen LogP contribution in [0, 0.1) is 6.92 Å². The van der Waals surface area contributed by atoms with Gasteiger partial charge in [-0.05, 0) is 20.8 Å². The van der Waals surface area contributed by atoms with Crippen LogP contribution in [-0.4, -0.2) is 54.4 Å². The van der Waals surface area contributed by atoms with Gasteiger partial charge in [-0.3, -0.25) is 9.69 Å². The predicted molar refractivity (Wildman–Crippen MR) is 70.0 cm³/mol. The third-order valence-corrected chi connectivity index (χ3v) is 3.06. The Balaban J connectivity index is 1.73. The van der Waals surface area contributed by atoms with Gasteiger partial charge in [0.1, 0.15) is 0 Å². The molecule has 0 bridgehead atoms. The first-order chi connectivity index (χ1) is 9.04. The zero-order valence-electron chi connectivity index (χ0n) is 11.7. The van der Waals surface area contributed by atoms with Crippen molar-refractivity contribution in [1.82, 2.24) is 15.4 Å². The molecule has 106 valence electrons. The van der Waals surface area contributed by atoms with Crippen LogP contribution in [0.4, 0.5) is 0 Å². The summed E-state index contributed by atoms with van der Waals surface area (Å²) in [6, 6.07) is 1.63. The highest BCUT2D eigenvalue weighted by Crippen LogP contribution is 2.09. The largest absolute Gasteiger partial charge is 0.373 e. The van der Waals surface area contributed by atoms with E-state index in [0.29, 0.717) is 12.2 Å². The van der Waals surface area contributed by atoms with Gasteiger partial charge < -0.3 is 14.6 Å². The first kappa shape index (κ1) is 14.0. The molecular weight excluding hydrogens is 246 g/mol. The van der Waals surface area contributed by atoms with Crippen LogP contribution in [0.3, 0.4) is 0 Å². The molecule has 2 rings (SSSR count). The molecule has 1 aromatic rings. The van der Waals surface area contributed by atoms with Gasteiger partial charge in [-0.25, -0.2) is 0 Å². The fourth-order valence-electron chi connectivity index (χ4n) is 2.35. The molecule has 1 amide bonds. The number of rotatable bonds is 4. The molecule has 6 heteroatoms. The Hall–Kier alpha value is -1.40. The summed E-state index contributed by atoms with van der Waals surface area (Å²) in [7, 11) is 0. The number of nitrogens with zero attached hydrogens (tertiary/aromatic N) is 2. The Morgan fingerprint density at radius 1 is 1.47 bits per heavy atom. The minimum Gasteiger partial charge on any atom is -0.373 e. The van der Waals surface area contributed by atoms with Crippen LogP contribution in [0.2, 0.25) is 0 Å². The average molecular weight is 267 g/mol. The smallest absolute Gasteiger partial charge is 0.289 e. The highest BCUT2D eigenvalue weighted by Gasteiger charge is 2.21. The van der Waals surface area contributed by atoms with Crippen LogP contribution >= 0.6 is 0 Å². The van der Waals surface area contributed by atoms with E-state index in [1.54, 1.807) is 13.0 Å². The Kier molecular flexibility index (Phi) is 4.55. The Labute approximate surface area is 113 Å². The van der Waals surface area contributed by atoms with Crippen molar-refractivity contribution < 1.29 is 14.1 Å². The number of amides is 1. The minimum absolute atomic E-state index is 0.213. The second kappa shape index (κ2) is 6.16. The topological polar surface area (TPSA) is 67.6 Å². The standard InChI is InChI=1S/C13H21N3O3/c1-9-6-12(19-15-9)13(17)14-4-5-16-7-10(2)18-11(3)8-16/h6,10-11H,4-5,7-8H2,1-3H3,(H,14,17)/t10-,11-/m1/s1. The van der Waals surface area contributed by atoms with Crippen molar-refractivity contribution in [1.29, 1.82) is 0 Å². The first-order valence-corrected chi connectivity index (χ1v) is 6.64. The first-order valence-electron chi connectivity index (χ1n) is 6.64. The maximum absolute atomic E-state index is 11.7. The van der Waals surface area contributed by atoms with E-state index in [9.17, 15) is 4.79 Å². The molecule has 0 saturated carbocycles. The molecule has 0 unspecified atom stereocenters. The Morgan fingerprint density at radius 3 is 2.74 bits per heavy atom. The van der Waals surface area contributed by atoms with E-state index in [0.717, 1.165) is 19.6 Å². The Morgan fingerprint density at radius 2 is 2.16 bits per heavy atom. The number of morpholine rings is 1. The van der Waals surface area contributed by atoms with E-state index >= 15 is 0 Å². The van der Waals surface area contributed by atoms with Crippen molar-refractivity contribution >= 4 is 5.91 Å². The van der Waals surface area contributed by atoms with E-state index in [-0.39, 0.29) is 23.9 Å². The molecule has 0 aliphatic carbocycles. The van der Waals surface area contributed by atoms with E-state index in [2.05, 4.69) is 29.2 Å². The number of aromatic nitrogens is 1. The van der Waals surface area contributed by atoms with Crippen molar-refractivity contribution in [2.45, 2.75) is 33.0 Å². The molecule has 1 N–H and O–H groups in total. The molecule has 2 heterocycles. The van der Waals surface area contributed by atoms with Gasteiger partial charge in [0.25, 0.3) is 5.91 Å². The highest BCUT2D eigenvalue weighted by molar-refractivity contribution is 5.91. The highest BCUT2D eigenvalue weighted by atomic mass is 16.5. The molecular formula is C13H21N3O3. The van der Waals surface area contributed by atoms with Gasteiger partial charge in [0.2, 0.25) is 5.76 Å². The SMILES string of the molecule is Cc1cc(C(=O)NCCN2C[C@@H](C)O[C@H](C)C2)on1. The summed E-state index contributed by atoms with van der Waals surface area (Å²) in [6.45, 7) is 9.14. The van der Waals surface area contributed by atoms with Crippen LogP contribution in [0.5, 0.6) is 0 Å². The van der Waals surface area contributed by atoms with Crippen LogP contribution in [0.1, 0.15) is 30.1 Å². The second-order valence-electron chi connectivity index (χ2n) is 5.11. The van der Waals surface area contributed by atoms with Crippen LogP contribution < -0.4 is 5.32 Å². The maximum Gasteiger partial charge on any atom is 0.289 e. The molecule has 2 atom stereocenters. The van der Waals surface area contributed by atoms with Crippen molar-refractivity contribution in [3.05, 3.63) is 17.5 Å². The molecule has 1 aromatic heterocycles. The summed E-state index contributed by atoms with van der Waals surface area (Å²) < 4.78 is 10.6. The number of nitrogens with one attached hydrogen (secondary N) is 1. The molecule has 6 nitrogen and oxygen atoms in total. The van der Waals surface area contributed by atoms with E-state index in [4.69, 9.17) is 9.26 Å². The van der Waals surface area contributed by atoms with Crippen molar-refractivity contribution in [2.75, 3.05) is 26.2 Å². The average Bonchev–Trinajstić information content (AvgIpc) is 2.74. The molecule has 1 fully saturated rings. The lowest BCUT2D eigenvalue weighted by Gasteiger charge is -2.35. The number of hydrogen-bond donors (Lipinski definition) is 1. The van der Waals surface area contributed by atoms with Gasteiger partial charge in [-0.2, -0.15) is 0 Å². The van der Waals surface area contributed by atoms with Gasteiger partial charge in [-0.15, -0.1) is 0 Å². The van der Waals surface area contributed by atoms with Gasteiger partial charge in [0.05, 0.1) is 17.9 Å². The Bertz CT molecular complexity index is 423. The number of aryl methyl sites for hydroxylation is 1. The van der Waals surface area contributed by atoms with E-state index < -0.39 is 0 Å². The molecule has 19 heavy (non-hydrogen) atoms. The summed E-state index contributed by atoms with van der Waals surface area (Å²) in [6.07, 6.45) is 0.493.